The van der Waals surface area contributed by atoms with Gasteiger partial charge in [0.1, 0.15) is 0 Å². The maximum Gasteiger partial charge on any atom is 0.254 e. The molecule has 0 bridgehead atoms. The highest BCUT2D eigenvalue weighted by Crippen LogP contribution is 2.25. The Balaban J connectivity index is 1.83. The highest BCUT2D eigenvalue weighted by molar-refractivity contribution is 6.00. The summed E-state index contributed by atoms with van der Waals surface area (Å²) in [5.74, 6) is -0.0518. The molecule has 0 aromatic heterocycles. The summed E-state index contributed by atoms with van der Waals surface area (Å²) in [7, 11) is 1.73. The SMILES string of the molecule is C/N=C1/C[C@@H](CO)N(C(=O)c2ccc(-c3ccccc3C)cc2)C1. The van der Waals surface area contributed by atoms with Crippen LogP contribution in [0.2, 0.25) is 0 Å². The molecule has 1 saturated heterocycles. The number of carbonyl (C=O) groups is 1. The second-order valence-electron chi connectivity index (χ2n) is 6.16. The summed E-state index contributed by atoms with van der Waals surface area (Å²) >= 11 is 0. The van der Waals surface area contributed by atoms with Crippen molar-refractivity contribution in [2.24, 2.45) is 4.99 Å². The third-order valence-electron chi connectivity index (χ3n) is 4.64. The smallest absolute Gasteiger partial charge is 0.254 e. The maximum absolute atomic E-state index is 12.8. The van der Waals surface area contributed by atoms with Gasteiger partial charge in [-0.2, -0.15) is 0 Å². The van der Waals surface area contributed by atoms with Crippen LogP contribution in [-0.4, -0.2) is 47.9 Å². The van der Waals surface area contributed by atoms with E-state index in [-0.39, 0.29) is 18.6 Å². The first-order chi connectivity index (χ1) is 11.6. The van der Waals surface area contributed by atoms with Gasteiger partial charge in [-0.1, -0.05) is 36.4 Å². The molecular formula is C20H22N2O2. The number of carbonyl (C=O) groups excluding carboxylic acids is 1. The van der Waals surface area contributed by atoms with Gasteiger partial charge in [0.15, 0.2) is 0 Å². The average molecular weight is 322 g/mol. The number of hydrogen-bond donors (Lipinski definition) is 1. The van der Waals surface area contributed by atoms with Gasteiger partial charge in [-0.15, -0.1) is 0 Å². The van der Waals surface area contributed by atoms with E-state index < -0.39 is 0 Å². The predicted octanol–water partition coefficient (Wildman–Crippen LogP) is 2.94. The van der Waals surface area contributed by atoms with Crippen LogP contribution >= 0.6 is 0 Å². The van der Waals surface area contributed by atoms with Crippen LogP contribution in [0.4, 0.5) is 0 Å². The zero-order valence-electron chi connectivity index (χ0n) is 14.1. The van der Waals surface area contributed by atoms with Gasteiger partial charge in [-0.3, -0.25) is 9.79 Å². The fraction of sp³-hybridized carbons (Fsp3) is 0.300. The Bertz CT molecular complexity index is 765. The van der Waals surface area contributed by atoms with Crippen LogP contribution in [0.15, 0.2) is 53.5 Å². The van der Waals surface area contributed by atoms with Crippen LogP contribution < -0.4 is 0 Å². The molecule has 1 amide bonds. The van der Waals surface area contributed by atoms with Gasteiger partial charge in [0.2, 0.25) is 0 Å². The van der Waals surface area contributed by atoms with E-state index in [2.05, 4.69) is 24.0 Å². The van der Waals surface area contributed by atoms with E-state index in [9.17, 15) is 9.90 Å². The molecule has 1 fully saturated rings. The van der Waals surface area contributed by atoms with Crippen molar-refractivity contribution in [3.63, 3.8) is 0 Å². The van der Waals surface area contributed by atoms with E-state index in [4.69, 9.17) is 0 Å². The Labute approximate surface area is 142 Å². The highest BCUT2D eigenvalue weighted by atomic mass is 16.3. The second kappa shape index (κ2) is 6.97. The van der Waals surface area contributed by atoms with E-state index in [0.29, 0.717) is 18.5 Å². The van der Waals surface area contributed by atoms with Gasteiger partial charge in [0.05, 0.1) is 19.2 Å². The first-order valence-electron chi connectivity index (χ1n) is 8.16. The predicted molar refractivity (Wildman–Crippen MR) is 96.5 cm³/mol. The van der Waals surface area contributed by atoms with Crippen molar-refractivity contribution >= 4 is 11.6 Å². The van der Waals surface area contributed by atoms with Crippen molar-refractivity contribution in [2.45, 2.75) is 19.4 Å². The molecule has 0 saturated carbocycles. The number of nitrogens with zero attached hydrogens (tertiary/aromatic N) is 2. The van der Waals surface area contributed by atoms with Gasteiger partial charge in [0.25, 0.3) is 5.91 Å². The van der Waals surface area contributed by atoms with E-state index in [1.807, 2.05) is 36.4 Å². The number of aliphatic imine (C=N–C) groups is 1. The standard InChI is InChI=1S/C20H22N2O2/c1-14-5-3-4-6-19(14)15-7-9-16(10-8-15)20(24)22-12-17(21-2)11-18(22)13-23/h3-10,18,23H,11-13H2,1-2H3/b21-17-/t18-/m0/s1. The van der Waals surface area contributed by atoms with Crippen LogP contribution in [-0.2, 0) is 0 Å². The molecule has 0 aliphatic carbocycles. The van der Waals surface area contributed by atoms with Gasteiger partial charge < -0.3 is 10.0 Å². The molecule has 2 aromatic rings. The Morgan fingerprint density at radius 1 is 1.21 bits per heavy atom. The molecule has 1 aliphatic rings. The number of amides is 1. The van der Waals surface area contributed by atoms with Crippen LogP contribution in [0.3, 0.4) is 0 Å². The lowest BCUT2D eigenvalue weighted by molar-refractivity contribution is 0.0680. The summed E-state index contributed by atoms with van der Waals surface area (Å²) in [5, 5.41) is 9.52. The highest BCUT2D eigenvalue weighted by Gasteiger charge is 2.32. The molecule has 0 spiro atoms. The summed E-state index contributed by atoms with van der Waals surface area (Å²) in [6.45, 7) is 2.54. The van der Waals surface area contributed by atoms with Crippen molar-refractivity contribution in [3.8, 4) is 11.1 Å². The molecule has 0 radical (unpaired) electrons. The van der Waals surface area contributed by atoms with E-state index in [1.165, 1.54) is 11.1 Å². The first kappa shape index (κ1) is 16.4. The van der Waals surface area contributed by atoms with Crippen molar-refractivity contribution < 1.29 is 9.90 Å². The third-order valence-corrected chi connectivity index (χ3v) is 4.64. The van der Waals surface area contributed by atoms with Crippen molar-refractivity contribution in [1.29, 1.82) is 0 Å². The summed E-state index contributed by atoms with van der Waals surface area (Å²) in [6, 6.07) is 15.7. The molecular weight excluding hydrogens is 300 g/mol. The summed E-state index contributed by atoms with van der Waals surface area (Å²) in [6.07, 6.45) is 0.653. The number of aryl methyl sites for hydroxylation is 1. The number of rotatable bonds is 3. The lowest BCUT2D eigenvalue weighted by Crippen LogP contribution is -2.37. The number of aliphatic hydroxyl groups is 1. The first-order valence-corrected chi connectivity index (χ1v) is 8.16. The maximum atomic E-state index is 12.8. The molecule has 4 heteroatoms. The summed E-state index contributed by atoms with van der Waals surface area (Å²) in [5.41, 5.74) is 5.08. The Hall–Kier alpha value is -2.46. The van der Waals surface area contributed by atoms with Crippen molar-refractivity contribution in [3.05, 3.63) is 59.7 Å². The minimum absolute atomic E-state index is 0.0357. The van der Waals surface area contributed by atoms with Crippen LogP contribution in [0.5, 0.6) is 0 Å². The molecule has 124 valence electrons. The van der Waals surface area contributed by atoms with E-state index >= 15 is 0 Å². The fourth-order valence-corrected chi connectivity index (χ4v) is 3.19. The molecule has 1 heterocycles. The van der Waals surface area contributed by atoms with E-state index in [1.54, 1.807) is 11.9 Å². The summed E-state index contributed by atoms with van der Waals surface area (Å²) in [4.78, 5) is 18.7. The van der Waals surface area contributed by atoms with E-state index in [0.717, 1.165) is 11.3 Å². The third kappa shape index (κ3) is 3.10. The molecule has 0 unspecified atom stereocenters. The number of aliphatic hydroxyl groups excluding tert-OH is 1. The zero-order valence-corrected chi connectivity index (χ0v) is 14.1. The van der Waals surface area contributed by atoms with Crippen LogP contribution in [0.25, 0.3) is 11.1 Å². The van der Waals surface area contributed by atoms with Gasteiger partial charge >= 0.3 is 0 Å². The molecule has 2 aromatic carbocycles. The lowest BCUT2D eigenvalue weighted by atomic mass is 9.99. The van der Waals surface area contributed by atoms with Gasteiger partial charge in [-0.25, -0.2) is 0 Å². The zero-order chi connectivity index (χ0) is 17.1. The normalized spacial score (nSPS) is 19.0. The number of likely N-dealkylation sites (tertiary alicyclic amines) is 1. The molecule has 1 atom stereocenters. The van der Waals surface area contributed by atoms with Gasteiger partial charge in [-0.05, 0) is 35.7 Å². The van der Waals surface area contributed by atoms with Crippen LogP contribution in [0.1, 0.15) is 22.3 Å². The topological polar surface area (TPSA) is 52.9 Å². The van der Waals surface area contributed by atoms with Crippen molar-refractivity contribution in [2.75, 3.05) is 20.2 Å². The molecule has 3 rings (SSSR count). The quantitative estimate of drug-likeness (QED) is 0.944. The minimum Gasteiger partial charge on any atom is -0.394 e. The fourth-order valence-electron chi connectivity index (χ4n) is 3.19. The number of hydrogen-bond acceptors (Lipinski definition) is 3. The molecule has 4 nitrogen and oxygen atoms in total. The second-order valence-corrected chi connectivity index (χ2v) is 6.16. The van der Waals surface area contributed by atoms with Crippen molar-refractivity contribution in [1.82, 2.24) is 4.90 Å². The molecule has 1 aliphatic heterocycles. The average Bonchev–Trinajstić information content (AvgIpc) is 3.05. The Morgan fingerprint density at radius 2 is 1.92 bits per heavy atom. The van der Waals surface area contributed by atoms with Crippen LogP contribution in [0, 0.1) is 6.92 Å². The monoisotopic (exact) mass is 322 g/mol. The Kier molecular flexibility index (Phi) is 4.76. The molecule has 1 N–H and O–H groups in total. The summed E-state index contributed by atoms with van der Waals surface area (Å²) < 4.78 is 0. The lowest BCUT2D eigenvalue weighted by Gasteiger charge is -2.22. The Morgan fingerprint density at radius 3 is 2.54 bits per heavy atom. The molecule has 24 heavy (non-hydrogen) atoms. The largest absolute Gasteiger partial charge is 0.394 e. The van der Waals surface area contributed by atoms with Gasteiger partial charge in [0, 0.05) is 24.7 Å². The number of benzene rings is 2. The minimum atomic E-state index is -0.174.